The fraction of sp³-hybridized carbons (Fsp3) is 0.417. The van der Waals surface area contributed by atoms with Crippen molar-refractivity contribution in [1.82, 2.24) is 5.32 Å². The van der Waals surface area contributed by atoms with Gasteiger partial charge in [0.2, 0.25) is 0 Å². The average Bonchev–Trinajstić information content (AvgIpc) is 3.07. The molecule has 1 aliphatic carbocycles. The number of aliphatic hydroxyl groups is 1. The molecule has 4 nitrogen and oxygen atoms in total. The van der Waals surface area contributed by atoms with Gasteiger partial charge in [-0.05, 0) is 31.0 Å². The minimum atomic E-state index is -0.348. The summed E-state index contributed by atoms with van der Waals surface area (Å²) in [6, 6.07) is 4.36. The molecule has 0 spiro atoms. The van der Waals surface area contributed by atoms with Gasteiger partial charge in [0.05, 0.1) is 12.2 Å². The molecule has 0 radical (unpaired) electrons. The Morgan fingerprint density at radius 3 is 2.71 bits per heavy atom. The fourth-order valence-electron chi connectivity index (χ4n) is 1.63. The number of hydrogen-bond acceptors (Lipinski definition) is 3. The lowest BCUT2D eigenvalue weighted by Gasteiger charge is -2.13. The van der Waals surface area contributed by atoms with Gasteiger partial charge < -0.3 is 15.5 Å². The first-order valence-corrected chi connectivity index (χ1v) is 5.82. The van der Waals surface area contributed by atoms with Crippen molar-refractivity contribution in [2.75, 3.05) is 13.2 Å². The van der Waals surface area contributed by atoms with Gasteiger partial charge in [-0.3, -0.25) is 4.79 Å². The first-order chi connectivity index (χ1) is 8.06. The van der Waals surface area contributed by atoms with Crippen molar-refractivity contribution >= 4 is 17.5 Å². The number of amides is 1. The summed E-state index contributed by atoms with van der Waals surface area (Å²) in [6.07, 6.45) is 1.85. The largest absolute Gasteiger partial charge is 0.507 e. The van der Waals surface area contributed by atoms with Crippen LogP contribution in [0.25, 0.3) is 0 Å². The summed E-state index contributed by atoms with van der Waals surface area (Å²) in [5.74, 6) is -0.484. The zero-order valence-corrected chi connectivity index (χ0v) is 10.00. The quantitative estimate of drug-likeness (QED) is 0.765. The van der Waals surface area contributed by atoms with Gasteiger partial charge in [-0.15, -0.1) is 0 Å². The minimum absolute atomic E-state index is 0.0832. The molecule has 1 aromatic rings. The summed E-state index contributed by atoms with van der Waals surface area (Å²) in [4.78, 5) is 11.8. The molecule has 2 rings (SSSR count). The van der Waals surface area contributed by atoms with Crippen LogP contribution in [0.4, 0.5) is 0 Å². The van der Waals surface area contributed by atoms with Crippen LogP contribution in [-0.2, 0) is 0 Å². The van der Waals surface area contributed by atoms with E-state index in [9.17, 15) is 9.90 Å². The lowest BCUT2D eigenvalue weighted by Crippen LogP contribution is -2.31. The van der Waals surface area contributed by atoms with Crippen LogP contribution in [0.2, 0.25) is 5.02 Å². The lowest BCUT2D eigenvalue weighted by atomic mass is 10.1. The van der Waals surface area contributed by atoms with Gasteiger partial charge in [0.1, 0.15) is 5.75 Å². The number of nitrogens with one attached hydrogen (secondary N) is 1. The molecule has 0 heterocycles. The van der Waals surface area contributed by atoms with Crippen LogP contribution in [-0.4, -0.2) is 29.3 Å². The van der Waals surface area contributed by atoms with Gasteiger partial charge >= 0.3 is 0 Å². The number of benzene rings is 1. The maximum absolute atomic E-state index is 11.8. The maximum atomic E-state index is 11.8. The van der Waals surface area contributed by atoms with E-state index in [0.717, 1.165) is 12.8 Å². The molecule has 0 aliphatic heterocycles. The molecular weight excluding hydrogens is 242 g/mol. The smallest absolute Gasteiger partial charge is 0.255 e. The lowest BCUT2D eigenvalue weighted by molar-refractivity contribution is 0.0932. The summed E-state index contributed by atoms with van der Waals surface area (Å²) in [5.41, 5.74) is 0.0562. The highest BCUT2D eigenvalue weighted by atomic mass is 35.5. The van der Waals surface area contributed by atoms with Gasteiger partial charge in [-0.2, -0.15) is 0 Å². The van der Waals surface area contributed by atoms with Crippen LogP contribution in [0.1, 0.15) is 23.2 Å². The second-order valence-electron chi connectivity index (χ2n) is 4.50. The monoisotopic (exact) mass is 255 g/mol. The molecule has 1 amide bonds. The van der Waals surface area contributed by atoms with Crippen molar-refractivity contribution in [2.24, 2.45) is 5.41 Å². The van der Waals surface area contributed by atoms with Crippen LogP contribution < -0.4 is 5.32 Å². The SMILES string of the molecule is O=C(NCC1(CO)CC1)c1ccc(Cl)cc1O. The Bertz CT molecular complexity index is 443. The first kappa shape index (κ1) is 12.2. The third kappa shape index (κ3) is 2.70. The van der Waals surface area contributed by atoms with E-state index in [1.54, 1.807) is 6.07 Å². The molecule has 17 heavy (non-hydrogen) atoms. The fourth-order valence-corrected chi connectivity index (χ4v) is 1.79. The highest BCUT2D eigenvalue weighted by molar-refractivity contribution is 6.30. The summed E-state index contributed by atoms with van der Waals surface area (Å²) >= 11 is 5.68. The van der Waals surface area contributed by atoms with Gasteiger partial charge in [0.25, 0.3) is 5.91 Å². The van der Waals surface area contributed by atoms with Crippen LogP contribution in [0.5, 0.6) is 5.75 Å². The van der Waals surface area contributed by atoms with E-state index in [2.05, 4.69) is 5.32 Å². The van der Waals surface area contributed by atoms with Crippen LogP contribution in [0, 0.1) is 5.41 Å². The van der Waals surface area contributed by atoms with Crippen molar-refractivity contribution in [3.63, 3.8) is 0 Å². The Balaban J connectivity index is 2.00. The normalized spacial score (nSPS) is 16.6. The summed E-state index contributed by atoms with van der Waals surface area (Å²) in [6.45, 7) is 0.518. The molecule has 5 heteroatoms. The highest BCUT2D eigenvalue weighted by Crippen LogP contribution is 2.44. The predicted octanol–water partition coefficient (Wildman–Crippen LogP) is 1.55. The van der Waals surface area contributed by atoms with E-state index >= 15 is 0 Å². The van der Waals surface area contributed by atoms with Crippen molar-refractivity contribution in [3.05, 3.63) is 28.8 Å². The van der Waals surface area contributed by atoms with E-state index in [0.29, 0.717) is 11.6 Å². The summed E-state index contributed by atoms with van der Waals surface area (Å²) in [7, 11) is 0. The van der Waals surface area contributed by atoms with Gasteiger partial charge in [0, 0.05) is 17.0 Å². The molecule has 0 atom stereocenters. The minimum Gasteiger partial charge on any atom is -0.507 e. The number of rotatable bonds is 4. The molecule has 0 saturated heterocycles. The van der Waals surface area contributed by atoms with E-state index in [1.165, 1.54) is 12.1 Å². The zero-order chi connectivity index (χ0) is 12.5. The van der Waals surface area contributed by atoms with Crippen molar-refractivity contribution in [1.29, 1.82) is 0 Å². The molecular formula is C12H14ClNO3. The van der Waals surface area contributed by atoms with Gasteiger partial charge in [-0.25, -0.2) is 0 Å². The van der Waals surface area contributed by atoms with Gasteiger partial charge in [0.15, 0.2) is 0 Å². The summed E-state index contributed by atoms with van der Waals surface area (Å²) in [5, 5.41) is 21.8. The predicted molar refractivity (Wildman–Crippen MR) is 64.2 cm³/mol. The number of phenols is 1. The topological polar surface area (TPSA) is 69.6 Å². The Hall–Kier alpha value is -1.26. The Morgan fingerprint density at radius 2 is 2.18 bits per heavy atom. The number of hydrogen-bond donors (Lipinski definition) is 3. The Kier molecular flexibility index (Phi) is 3.26. The molecule has 1 aliphatic rings. The first-order valence-electron chi connectivity index (χ1n) is 5.44. The van der Waals surface area contributed by atoms with E-state index < -0.39 is 0 Å². The molecule has 1 fully saturated rings. The number of phenolic OH excluding ortho intramolecular Hbond substituents is 1. The molecule has 0 bridgehead atoms. The van der Waals surface area contributed by atoms with Crippen molar-refractivity contribution in [2.45, 2.75) is 12.8 Å². The average molecular weight is 256 g/mol. The van der Waals surface area contributed by atoms with E-state index in [1.807, 2.05) is 0 Å². The number of aliphatic hydroxyl groups excluding tert-OH is 1. The number of carbonyl (C=O) groups is 1. The number of carbonyl (C=O) groups excluding carboxylic acids is 1. The van der Waals surface area contributed by atoms with Crippen LogP contribution >= 0.6 is 11.6 Å². The standard InChI is InChI=1S/C12H14ClNO3/c13-8-1-2-9(10(16)5-8)11(17)14-6-12(7-15)3-4-12/h1-2,5,15-16H,3-4,6-7H2,(H,14,17). The maximum Gasteiger partial charge on any atom is 0.255 e. The number of halogens is 1. The molecule has 1 aromatic carbocycles. The molecule has 3 N–H and O–H groups in total. The summed E-state index contributed by atoms with van der Waals surface area (Å²) < 4.78 is 0. The molecule has 0 unspecified atom stereocenters. The Labute approximate surface area is 104 Å². The Morgan fingerprint density at radius 1 is 1.47 bits per heavy atom. The third-order valence-electron chi connectivity index (χ3n) is 3.12. The van der Waals surface area contributed by atoms with E-state index in [4.69, 9.17) is 16.7 Å². The van der Waals surface area contributed by atoms with Gasteiger partial charge in [-0.1, -0.05) is 11.6 Å². The molecule has 1 saturated carbocycles. The highest BCUT2D eigenvalue weighted by Gasteiger charge is 2.42. The van der Waals surface area contributed by atoms with E-state index in [-0.39, 0.29) is 29.2 Å². The van der Waals surface area contributed by atoms with Crippen LogP contribution in [0.3, 0.4) is 0 Å². The molecule has 0 aromatic heterocycles. The van der Waals surface area contributed by atoms with Crippen molar-refractivity contribution in [3.8, 4) is 5.75 Å². The zero-order valence-electron chi connectivity index (χ0n) is 9.24. The number of aromatic hydroxyl groups is 1. The van der Waals surface area contributed by atoms with Crippen LogP contribution in [0.15, 0.2) is 18.2 Å². The second kappa shape index (κ2) is 4.55. The molecule has 92 valence electrons. The third-order valence-corrected chi connectivity index (χ3v) is 3.36. The van der Waals surface area contributed by atoms with Crippen molar-refractivity contribution < 1.29 is 15.0 Å². The second-order valence-corrected chi connectivity index (χ2v) is 4.94.